The highest BCUT2D eigenvalue weighted by atomic mass is 32.2. The third-order valence-corrected chi connectivity index (χ3v) is 8.75. The molecule has 1 aromatic rings. The topological polar surface area (TPSA) is 85.3 Å². The first kappa shape index (κ1) is 19.6. The number of aliphatic imine (C=N–C) groups is 1. The number of hydrogen-bond donors (Lipinski definition) is 0. The Morgan fingerprint density at radius 2 is 2.00 bits per heavy atom. The van der Waals surface area contributed by atoms with Crippen LogP contribution in [0.25, 0.3) is 0 Å². The Hall–Kier alpha value is -1.74. The summed E-state index contributed by atoms with van der Waals surface area (Å²) in [5.74, 6) is 1.42. The molecular weight excluding hydrogens is 400 g/mol. The van der Waals surface area contributed by atoms with Gasteiger partial charge in [-0.3, -0.25) is 4.79 Å². The van der Waals surface area contributed by atoms with Crippen LogP contribution in [0.3, 0.4) is 0 Å². The number of ether oxygens (including phenoxy) is 2. The van der Waals surface area contributed by atoms with Crippen LogP contribution in [-0.2, 0) is 21.2 Å². The number of thioether (sulfide) groups is 1. The van der Waals surface area contributed by atoms with Crippen molar-refractivity contribution in [3.8, 4) is 11.5 Å². The minimum atomic E-state index is -3.06. The maximum Gasteiger partial charge on any atom is 0.251 e. The van der Waals surface area contributed by atoms with Gasteiger partial charge in [0.15, 0.2) is 26.5 Å². The van der Waals surface area contributed by atoms with Crippen molar-refractivity contribution in [2.75, 3.05) is 18.3 Å². The Kier molecular flexibility index (Phi) is 5.30. The molecule has 0 aromatic heterocycles. The van der Waals surface area contributed by atoms with Crippen LogP contribution in [0.4, 0.5) is 0 Å². The second-order valence-electron chi connectivity index (χ2n) is 7.36. The minimum absolute atomic E-state index is 0.0766. The molecule has 2 saturated heterocycles. The Morgan fingerprint density at radius 3 is 2.75 bits per heavy atom. The molecular formula is C19H24N2O5S2. The molecule has 0 radical (unpaired) electrons. The summed E-state index contributed by atoms with van der Waals surface area (Å²) in [5, 5.41) is 0.562. The van der Waals surface area contributed by atoms with E-state index in [0.29, 0.717) is 23.2 Å². The molecule has 3 aliphatic rings. The van der Waals surface area contributed by atoms with Gasteiger partial charge in [0.05, 0.1) is 17.5 Å². The summed E-state index contributed by atoms with van der Waals surface area (Å²) in [7, 11) is -3.06. The first-order valence-electron chi connectivity index (χ1n) is 9.55. The summed E-state index contributed by atoms with van der Waals surface area (Å²) >= 11 is 1.42. The number of carbonyl (C=O) groups excluding carboxylic acids is 1. The van der Waals surface area contributed by atoms with Crippen molar-refractivity contribution < 1.29 is 22.7 Å². The molecule has 0 saturated carbocycles. The van der Waals surface area contributed by atoms with Crippen molar-refractivity contribution in [1.29, 1.82) is 0 Å². The lowest BCUT2D eigenvalue weighted by atomic mass is 10.0. The van der Waals surface area contributed by atoms with Gasteiger partial charge in [-0.25, -0.2) is 8.42 Å². The van der Waals surface area contributed by atoms with Crippen molar-refractivity contribution in [3.05, 3.63) is 23.8 Å². The SMILES string of the molecule is CCC(CC)C(=O)N=C1S[C@@H]2CS(=O)(=O)C[C@H]2N1Cc1ccc2c(c1)OCO2. The first-order valence-corrected chi connectivity index (χ1v) is 12.2. The van der Waals surface area contributed by atoms with Crippen molar-refractivity contribution in [3.63, 3.8) is 0 Å². The van der Waals surface area contributed by atoms with E-state index in [1.54, 1.807) is 0 Å². The summed E-state index contributed by atoms with van der Waals surface area (Å²) in [5.41, 5.74) is 0.970. The van der Waals surface area contributed by atoms with E-state index in [9.17, 15) is 13.2 Å². The first-order chi connectivity index (χ1) is 13.4. The van der Waals surface area contributed by atoms with Gasteiger partial charge in [0.25, 0.3) is 5.91 Å². The second-order valence-corrected chi connectivity index (χ2v) is 10.7. The normalized spacial score (nSPS) is 26.2. The van der Waals surface area contributed by atoms with Gasteiger partial charge >= 0.3 is 0 Å². The highest BCUT2D eigenvalue weighted by molar-refractivity contribution is 8.15. The van der Waals surface area contributed by atoms with E-state index in [2.05, 4.69) is 4.99 Å². The largest absolute Gasteiger partial charge is 0.454 e. The fourth-order valence-corrected chi connectivity index (χ4v) is 7.84. The third kappa shape index (κ3) is 3.74. The Labute approximate surface area is 169 Å². The van der Waals surface area contributed by atoms with Gasteiger partial charge in [0.2, 0.25) is 6.79 Å². The van der Waals surface area contributed by atoms with Gasteiger partial charge in [-0.05, 0) is 30.5 Å². The fourth-order valence-electron chi connectivity index (χ4n) is 3.88. The van der Waals surface area contributed by atoms with Crippen molar-refractivity contribution in [1.82, 2.24) is 4.90 Å². The summed E-state index contributed by atoms with van der Waals surface area (Å²) in [4.78, 5) is 19.0. The average molecular weight is 425 g/mol. The average Bonchev–Trinajstić information content (AvgIpc) is 3.30. The molecule has 28 heavy (non-hydrogen) atoms. The van der Waals surface area contributed by atoms with Gasteiger partial charge < -0.3 is 14.4 Å². The standard InChI is InChI=1S/C19H24N2O5S2/c1-3-13(4-2)18(22)20-19-21(14-9-28(23,24)10-17(14)27-19)8-12-5-6-15-16(7-12)26-11-25-15/h5-7,13-14,17H,3-4,8-11H2,1-2H3/t14-,17-/m1/s1. The van der Waals surface area contributed by atoms with Gasteiger partial charge in [0, 0.05) is 17.7 Å². The Balaban J connectivity index is 1.62. The molecule has 1 aromatic carbocycles. The number of amidine groups is 1. The molecule has 1 amide bonds. The van der Waals surface area contributed by atoms with Crippen molar-refractivity contribution in [2.24, 2.45) is 10.9 Å². The van der Waals surface area contributed by atoms with Crippen molar-refractivity contribution in [2.45, 2.75) is 44.5 Å². The predicted octanol–water partition coefficient (Wildman–Crippen LogP) is 2.45. The number of carbonyl (C=O) groups is 1. The monoisotopic (exact) mass is 424 g/mol. The molecule has 3 heterocycles. The highest BCUT2D eigenvalue weighted by Gasteiger charge is 2.48. The third-order valence-electron chi connectivity index (χ3n) is 5.51. The van der Waals surface area contributed by atoms with Crippen LogP contribution in [0.5, 0.6) is 11.5 Å². The van der Waals surface area contributed by atoms with E-state index in [4.69, 9.17) is 9.47 Å². The molecule has 2 fully saturated rings. The van der Waals surface area contributed by atoms with E-state index in [0.717, 1.165) is 18.4 Å². The quantitative estimate of drug-likeness (QED) is 0.718. The Bertz CT molecular complexity index is 911. The molecule has 7 nitrogen and oxygen atoms in total. The summed E-state index contributed by atoms with van der Waals surface area (Å²) < 4.78 is 35.1. The van der Waals surface area contributed by atoms with Gasteiger partial charge in [0.1, 0.15) is 0 Å². The maximum absolute atomic E-state index is 12.6. The molecule has 2 atom stereocenters. The van der Waals surface area contributed by atoms with Crippen LogP contribution < -0.4 is 9.47 Å². The fraction of sp³-hybridized carbons (Fsp3) is 0.579. The van der Waals surface area contributed by atoms with Crippen LogP contribution in [0.1, 0.15) is 32.3 Å². The van der Waals surface area contributed by atoms with Gasteiger partial charge in [-0.1, -0.05) is 31.7 Å². The van der Waals surface area contributed by atoms with E-state index < -0.39 is 9.84 Å². The number of benzene rings is 1. The van der Waals surface area contributed by atoms with E-state index in [1.807, 2.05) is 36.9 Å². The predicted molar refractivity (Wildman–Crippen MR) is 108 cm³/mol. The summed E-state index contributed by atoms with van der Waals surface area (Å²) in [6, 6.07) is 5.55. The Morgan fingerprint density at radius 1 is 1.25 bits per heavy atom. The molecule has 3 aliphatic heterocycles. The molecule has 0 bridgehead atoms. The lowest BCUT2D eigenvalue weighted by molar-refractivity contribution is -0.121. The molecule has 152 valence electrons. The summed E-state index contributed by atoms with van der Waals surface area (Å²) in [6.07, 6.45) is 1.50. The van der Waals surface area contributed by atoms with Gasteiger partial charge in [-0.2, -0.15) is 4.99 Å². The zero-order valence-electron chi connectivity index (χ0n) is 16.0. The van der Waals surface area contributed by atoms with Crippen LogP contribution in [0, 0.1) is 5.92 Å². The van der Waals surface area contributed by atoms with Crippen LogP contribution >= 0.6 is 11.8 Å². The maximum atomic E-state index is 12.6. The van der Waals surface area contributed by atoms with E-state index in [-0.39, 0.29) is 41.4 Å². The zero-order chi connectivity index (χ0) is 19.9. The molecule has 0 aliphatic carbocycles. The minimum Gasteiger partial charge on any atom is -0.454 e. The van der Waals surface area contributed by atoms with Gasteiger partial charge in [-0.15, -0.1) is 0 Å². The number of rotatable bonds is 5. The smallest absolute Gasteiger partial charge is 0.251 e. The highest BCUT2D eigenvalue weighted by Crippen LogP contribution is 2.40. The zero-order valence-corrected chi connectivity index (χ0v) is 17.6. The second kappa shape index (κ2) is 7.59. The lowest BCUT2D eigenvalue weighted by Crippen LogP contribution is -2.37. The number of nitrogens with zero attached hydrogens (tertiary/aromatic N) is 2. The van der Waals surface area contributed by atoms with Crippen LogP contribution in [0.15, 0.2) is 23.2 Å². The molecule has 0 spiro atoms. The molecule has 0 unspecified atom stereocenters. The van der Waals surface area contributed by atoms with E-state index >= 15 is 0 Å². The number of sulfone groups is 1. The van der Waals surface area contributed by atoms with Crippen molar-refractivity contribution >= 4 is 32.7 Å². The van der Waals surface area contributed by atoms with Crippen LogP contribution in [0.2, 0.25) is 0 Å². The lowest BCUT2D eigenvalue weighted by Gasteiger charge is -2.25. The molecule has 9 heteroatoms. The number of fused-ring (bicyclic) bond motifs is 2. The number of hydrogen-bond acceptors (Lipinski definition) is 6. The molecule has 0 N–H and O–H groups in total. The number of amides is 1. The molecule has 4 rings (SSSR count). The van der Waals surface area contributed by atoms with Crippen LogP contribution in [-0.4, -0.2) is 54.0 Å². The van der Waals surface area contributed by atoms with E-state index in [1.165, 1.54) is 11.8 Å². The summed E-state index contributed by atoms with van der Waals surface area (Å²) in [6.45, 7) is 4.66.